The monoisotopic (exact) mass is 523 g/mol. The van der Waals surface area contributed by atoms with Crippen LogP contribution in [0.3, 0.4) is 0 Å². The van der Waals surface area contributed by atoms with E-state index in [1.165, 1.54) is 6.33 Å². The molecule has 2 N–H and O–H groups in total. The predicted octanol–water partition coefficient (Wildman–Crippen LogP) is 3.33. The van der Waals surface area contributed by atoms with E-state index in [0.29, 0.717) is 34.7 Å². The lowest BCUT2D eigenvalue weighted by molar-refractivity contribution is -0.159. The van der Waals surface area contributed by atoms with Crippen molar-refractivity contribution >= 4 is 55.9 Å². The first-order valence-electron chi connectivity index (χ1n) is 10.5. The summed E-state index contributed by atoms with van der Waals surface area (Å²) >= 11 is 3.46. The molecule has 2 heterocycles. The van der Waals surface area contributed by atoms with Crippen molar-refractivity contribution in [1.29, 1.82) is 0 Å². The summed E-state index contributed by atoms with van der Waals surface area (Å²) in [5, 5.41) is 6.72. The van der Waals surface area contributed by atoms with Crippen molar-refractivity contribution < 1.29 is 19.1 Å². The van der Waals surface area contributed by atoms with E-state index in [4.69, 9.17) is 9.47 Å². The fourth-order valence-electron chi connectivity index (χ4n) is 3.53. The number of nitrogens with one attached hydrogen (secondary N) is 2. The van der Waals surface area contributed by atoms with Gasteiger partial charge in [-0.1, -0.05) is 27.9 Å². The van der Waals surface area contributed by atoms with Gasteiger partial charge in [0.15, 0.2) is 0 Å². The van der Waals surface area contributed by atoms with Gasteiger partial charge in [0.05, 0.1) is 17.7 Å². The van der Waals surface area contributed by atoms with Gasteiger partial charge in [-0.3, -0.25) is 14.5 Å². The number of carbonyl (C=O) groups excluding carboxylic acids is 2. The Kier molecular flexibility index (Phi) is 7.25. The summed E-state index contributed by atoms with van der Waals surface area (Å²) in [4.78, 5) is 34.6. The molecule has 0 aliphatic carbocycles. The first-order chi connectivity index (χ1) is 16.4. The molecule has 3 aromatic rings. The number of hydrogen-bond donors (Lipinski definition) is 2. The van der Waals surface area contributed by atoms with Gasteiger partial charge in [-0.15, -0.1) is 0 Å². The summed E-state index contributed by atoms with van der Waals surface area (Å²) in [6.07, 6.45) is 1.02. The van der Waals surface area contributed by atoms with Gasteiger partial charge >= 0.3 is 5.97 Å². The molecule has 4 rings (SSSR count). The highest BCUT2D eigenvalue weighted by Crippen LogP contribution is 2.34. The van der Waals surface area contributed by atoms with Crippen molar-refractivity contribution in [3.63, 3.8) is 0 Å². The minimum absolute atomic E-state index is 0.123. The molecule has 34 heavy (non-hydrogen) atoms. The highest BCUT2D eigenvalue weighted by Gasteiger charge is 2.25. The molecule has 1 aliphatic heterocycles. The number of nitrogens with zero attached hydrogens (tertiary/aromatic N) is 3. The van der Waals surface area contributed by atoms with Crippen LogP contribution in [0, 0.1) is 11.8 Å². The van der Waals surface area contributed by atoms with Crippen LogP contribution in [0.2, 0.25) is 0 Å². The number of rotatable bonds is 6. The van der Waals surface area contributed by atoms with Crippen molar-refractivity contribution in [1.82, 2.24) is 14.9 Å². The quantitative estimate of drug-likeness (QED) is 0.374. The molecule has 1 unspecified atom stereocenters. The van der Waals surface area contributed by atoms with Gasteiger partial charge in [0.2, 0.25) is 0 Å². The Bertz CT molecular complexity index is 1300. The van der Waals surface area contributed by atoms with Crippen molar-refractivity contribution in [3.05, 3.63) is 47.2 Å². The maximum absolute atomic E-state index is 12.2. The summed E-state index contributed by atoms with van der Waals surface area (Å²) in [6.45, 7) is 2.50. The fraction of sp³-hybridized carbons (Fsp3) is 0.250. The second-order valence-corrected chi connectivity index (χ2v) is 8.59. The molecule has 174 valence electrons. The third kappa shape index (κ3) is 5.81. The molecule has 1 fully saturated rings. The van der Waals surface area contributed by atoms with E-state index in [-0.39, 0.29) is 19.1 Å². The maximum atomic E-state index is 12.2. The van der Waals surface area contributed by atoms with Crippen LogP contribution in [0.15, 0.2) is 47.2 Å². The number of carbonyl (C=O) groups is 2. The minimum Gasteiger partial charge on any atom is -0.487 e. The third-order valence-corrected chi connectivity index (χ3v) is 5.44. The van der Waals surface area contributed by atoms with E-state index < -0.39 is 12.0 Å². The largest absolute Gasteiger partial charge is 0.487 e. The molecule has 9 nitrogen and oxygen atoms in total. The Balaban J connectivity index is 1.67. The lowest BCUT2D eigenvalue weighted by Crippen LogP contribution is -2.45. The number of halogens is 1. The molecule has 1 saturated heterocycles. The average molecular weight is 524 g/mol. The van der Waals surface area contributed by atoms with Crippen molar-refractivity contribution in [3.8, 4) is 17.6 Å². The number of likely N-dealkylation sites (N-methyl/N-ethyl adjacent to an activating group) is 1. The number of ether oxygens (including phenoxy) is 2. The number of cyclic esters (lactones) is 1. The van der Waals surface area contributed by atoms with E-state index in [9.17, 15) is 9.59 Å². The molecular weight excluding hydrogens is 502 g/mol. The van der Waals surface area contributed by atoms with Crippen LogP contribution in [-0.2, 0) is 14.3 Å². The number of amides is 1. The first-order valence-corrected chi connectivity index (χ1v) is 11.3. The number of aromatic nitrogens is 2. The highest BCUT2D eigenvalue weighted by atomic mass is 79.9. The molecule has 0 spiro atoms. The van der Waals surface area contributed by atoms with Crippen LogP contribution in [-0.4, -0.2) is 59.6 Å². The molecule has 1 amide bonds. The third-order valence-electron chi connectivity index (χ3n) is 4.95. The Morgan fingerprint density at radius 3 is 2.94 bits per heavy atom. The number of fused-ring (bicyclic) bond motifs is 1. The van der Waals surface area contributed by atoms with Crippen molar-refractivity contribution in [2.45, 2.75) is 13.0 Å². The Labute approximate surface area is 205 Å². The van der Waals surface area contributed by atoms with E-state index in [2.05, 4.69) is 48.4 Å². The molecule has 0 radical (unpaired) electrons. The zero-order chi connectivity index (χ0) is 24.1. The van der Waals surface area contributed by atoms with Gasteiger partial charge in [0.1, 0.15) is 30.6 Å². The normalized spacial score (nSPS) is 15.7. The SMILES string of the molecule is CC#CC(=O)Nc1cc2c(Nc3cccc(Br)c3)ncnc2cc1OCC1CN(C)CC(=O)O1. The van der Waals surface area contributed by atoms with Crippen molar-refractivity contribution in [2.24, 2.45) is 0 Å². The van der Waals surface area contributed by atoms with Crippen LogP contribution in [0.5, 0.6) is 5.75 Å². The summed E-state index contributed by atoms with van der Waals surface area (Å²) in [6, 6.07) is 11.1. The average Bonchev–Trinajstić information content (AvgIpc) is 2.78. The Morgan fingerprint density at radius 2 is 2.18 bits per heavy atom. The predicted molar refractivity (Wildman–Crippen MR) is 132 cm³/mol. The van der Waals surface area contributed by atoms with Crippen LogP contribution in [0.25, 0.3) is 10.9 Å². The van der Waals surface area contributed by atoms with E-state index in [0.717, 1.165) is 10.2 Å². The number of hydrogen-bond acceptors (Lipinski definition) is 8. The molecule has 1 aromatic heterocycles. The second kappa shape index (κ2) is 10.5. The maximum Gasteiger partial charge on any atom is 0.320 e. The molecule has 1 aliphatic rings. The molecule has 1 atom stereocenters. The second-order valence-electron chi connectivity index (χ2n) is 7.67. The van der Waals surface area contributed by atoms with Gasteiger partial charge < -0.3 is 20.1 Å². The van der Waals surface area contributed by atoms with Crippen LogP contribution in [0.4, 0.5) is 17.2 Å². The standard InChI is InChI=1S/C24H22BrN5O4/c1-3-5-22(31)29-20-9-18-19(10-21(20)33-13-17-11-30(2)12-23(32)34-17)26-14-27-24(18)28-16-7-4-6-15(25)8-16/h4,6-10,14,17H,11-13H2,1-2H3,(H,29,31)(H,26,27,28). The topological polar surface area (TPSA) is 106 Å². The van der Waals surface area contributed by atoms with Gasteiger partial charge in [-0.2, -0.15) is 0 Å². The molecule has 2 aromatic carbocycles. The van der Waals surface area contributed by atoms with Crippen LogP contribution in [0.1, 0.15) is 6.92 Å². The zero-order valence-electron chi connectivity index (χ0n) is 18.6. The van der Waals surface area contributed by atoms with Gasteiger partial charge in [0, 0.05) is 28.2 Å². The number of morpholine rings is 1. The smallest absolute Gasteiger partial charge is 0.320 e. The minimum atomic E-state index is -0.478. The lowest BCUT2D eigenvalue weighted by atomic mass is 10.1. The molecule has 0 saturated carbocycles. The zero-order valence-corrected chi connectivity index (χ0v) is 20.2. The van der Waals surface area contributed by atoms with Crippen molar-refractivity contribution in [2.75, 3.05) is 37.4 Å². The number of benzene rings is 2. The fourth-order valence-corrected chi connectivity index (χ4v) is 3.93. The highest BCUT2D eigenvalue weighted by molar-refractivity contribution is 9.10. The van der Waals surface area contributed by atoms with Crippen LogP contribution < -0.4 is 15.4 Å². The van der Waals surface area contributed by atoms with E-state index in [1.54, 1.807) is 19.1 Å². The summed E-state index contributed by atoms with van der Waals surface area (Å²) in [5.41, 5.74) is 1.85. The number of esters is 1. The number of anilines is 3. The van der Waals surface area contributed by atoms with E-state index in [1.807, 2.05) is 36.2 Å². The summed E-state index contributed by atoms with van der Waals surface area (Å²) < 4.78 is 12.3. The van der Waals surface area contributed by atoms with Crippen LogP contribution >= 0.6 is 15.9 Å². The van der Waals surface area contributed by atoms with Gasteiger partial charge in [0.25, 0.3) is 5.91 Å². The lowest BCUT2D eigenvalue weighted by Gasteiger charge is -2.29. The van der Waals surface area contributed by atoms with E-state index >= 15 is 0 Å². The summed E-state index contributed by atoms with van der Waals surface area (Å²) in [7, 11) is 1.84. The van der Waals surface area contributed by atoms with Gasteiger partial charge in [-0.05, 0) is 44.2 Å². The Hall–Kier alpha value is -3.68. The molecular formula is C24H22BrN5O4. The summed E-state index contributed by atoms with van der Waals surface area (Å²) in [5.74, 6) is 5.21. The first kappa shape index (κ1) is 23.5. The molecule has 0 bridgehead atoms. The Morgan fingerprint density at radius 1 is 1.32 bits per heavy atom. The molecule has 10 heteroatoms. The van der Waals surface area contributed by atoms with Gasteiger partial charge in [-0.25, -0.2) is 9.97 Å².